The van der Waals surface area contributed by atoms with Crippen molar-refractivity contribution >= 4 is 16.5 Å². The van der Waals surface area contributed by atoms with Crippen LogP contribution >= 0.6 is 11.3 Å². The van der Waals surface area contributed by atoms with Gasteiger partial charge < -0.3 is 10.6 Å². The second-order valence-electron chi connectivity index (χ2n) is 5.64. The fourth-order valence-electron chi connectivity index (χ4n) is 3.05. The van der Waals surface area contributed by atoms with Gasteiger partial charge in [-0.25, -0.2) is 4.98 Å². The van der Waals surface area contributed by atoms with E-state index in [1.165, 1.54) is 30.9 Å². The van der Waals surface area contributed by atoms with Crippen LogP contribution in [0.3, 0.4) is 0 Å². The van der Waals surface area contributed by atoms with Crippen molar-refractivity contribution < 1.29 is 0 Å². The van der Waals surface area contributed by atoms with Crippen molar-refractivity contribution in [2.75, 3.05) is 44.2 Å². The highest BCUT2D eigenvalue weighted by atomic mass is 32.1. The molecule has 1 saturated carbocycles. The number of hydrogen-bond donors (Lipinski definition) is 1. The lowest BCUT2D eigenvalue weighted by Gasteiger charge is -2.46. The Morgan fingerprint density at radius 3 is 2.56 bits per heavy atom. The molecule has 1 aliphatic heterocycles. The third-order valence-electron chi connectivity index (χ3n) is 4.47. The molecule has 100 valence electrons. The Bertz CT molecular complexity index is 361. The highest BCUT2D eigenvalue weighted by Gasteiger charge is 2.37. The molecule has 0 atom stereocenters. The summed E-state index contributed by atoms with van der Waals surface area (Å²) in [5.74, 6) is 0. The van der Waals surface area contributed by atoms with Crippen molar-refractivity contribution in [3.05, 3.63) is 11.6 Å². The molecule has 3 rings (SSSR count). The largest absolute Gasteiger partial charge is 0.346 e. The molecule has 1 aromatic rings. The van der Waals surface area contributed by atoms with Crippen LogP contribution in [-0.2, 0) is 0 Å². The first kappa shape index (κ1) is 12.4. The molecular weight excluding hydrogens is 244 g/mol. The molecule has 0 spiro atoms. The summed E-state index contributed by atoms with van der Waals surface area (Å²) < 4.78 is 0. The van der Waals surface area contributed by atoms with Crippen molar-refractivity contribution in [2.45, 2.75) is 19.3 Å². The number of thiazole rings is 1. The van der Waals surface area contributed by atoms with Gasteiger partial charge in [0.05, 0.1) is 0 Å². The molecule has 0 radical (unpaired) electrons. The summed E-state index contributed by atoms with van der Waals surface area (Å²) in [5.41, 5.74) is 6.39. The predicted octanol–water partition coefficient (Wildman–Crippen LogP) is 1.39. The molecule has 5 heteroatoms. The van der Waals surface area contributed by atoms with Crippen LogP contribution in [0.4, 0.5) is 5.13 Å². The van der Waals surface area contributed by atoms with Gasteiger partial charge in [0.1, 0.15) is 0 Å². The van der Waals surface area contributed by atoms with Crippen molar-refractivity contribution in [3.63, 3.8) is 0 Å². The summed E-state index contributed by atoms with van der Waals surface area (Å²) in [6.07, 6.45) is 5.92. The van der Waals surface area contributed by atoms with Crippen LogP contribution in [0, 0.1) is 5.41 Å². The van der Waals surface area contributed by atoms with E-state index in [0.29, 0.717) is 5.41 Å². The average Bonchev–Trinajstić information content (AvgIpc) is 2.88. The van der Waals surface area contributed by atoms with E-state index in [0.717, 1.165) is 32.7 Å². The van der Waals surface area contributed by atoms with E-state index in [9.17, 15) is 0 Å². The molecule has 1 saturated heterocycles. The Morgan fingerprint density at radius 1 is 1.28 bits per heavy atom. The molecule has 18 heavy (non-hydrogen) atoms. The molecule has 0 amide bonds. The summed E-state index contributed by atoms with van der Waals surface area (Å²) in [6.45, 7) is 6.58. The van der Waals surface area contributed by atoms with E-state index in [-0.39, 0.29) is 0 Å². The zero-order valence-corrected chi connectivity index (χ0v) is 11.7. The van der Waals surface area contributed by atoms with Crippen LogP contribution in [0.5, 0.6) is 0 Å². The molecule has 0 unspecified atom stereocenters. The van der Waals surface area contributed by atoms with E-state index in [4.69, 9.17) is 5.73 Å². The number of hydrogen-bond acceptors (Lipinski definition) is 5. The number of anilines is 1. The Kier molecular flexibility index (Phi) is 3.54. The first-order valence-electron chi connectivity index (χ1n) is 6.88. The predicted molar refractivity (Wildman–Crippen MR) is 76.1 cm³/mol. The quantitative estimate of drug-likeness (QED) is 0.894. The van der Waals surface area contributed by atoms with E-state index in [1.54, 1.807) is 11.3 Å². The van der Waals surface area contributed by atoms with Gasteiger partial charge in [0.25, 0.3) is 0 Å². The van der Waals surface area contributed by atoms with Gasteiger partial charge in [0.15, 0.2) is 5.13 Å². The van der Waals surface area contributed by atoms with Crippen LogP contribution in [0.15, 0.2) is 11.6 Å². The molecule has 2 aliphatic rings. The van der Waals surface area contributed by atoms with Gasteiger partial charge in [-0.2, -0.15) is 0 Å². The zero-order valence-electron chi connectivity index (χ0n) is 10.8. The third kappa shape index (κ3) is 2.39. The summed E-state index contributed by atoms with van der Waals surface area (Å²) in [7, 11) is 0. The summed E-state index contributed by atoms with van der Waals surface area (Å²) in [4.78, 5) is 9.38. The summed E-state index contributed by atoms with van der Waals surface area (Å²) in [5, 5.41) is 3.23. The molecule has 2 N–H and O–H groups in total. The Hall–Kier alpha value is -0.650. The fraction of sp³-hybridized carbons (Fsp3) is 0.769. The van der Waals surface area contributed by atoms with Crippen LogP contribution < -0.4 is 10.6 Å². The minimum absolute atomic E-state index is 0.448. The van der Waals surface area contributed by atoms with Crippen molar-refractivity contribution in [1.82, 2.24) is 9.88 Å². The van der Waals surface area contributed by atoms with Gasteiger partial charge in [-0.05, 0) is 24.8 Å². The van der Waals surface area contributed by atoms with E-state index in [1.807, 2.05) is 6.20 Å². The number of nitrogens with zero attached hydrogens (tertiary/aromatic N) is 3. The van der Waals surface area contributed by atoms with Crippen LogP contribution in [0.1, 0.15) is 19.3 Å². The van der Waals surface area contributed by atoms with Gasteiger partial charge in [0, 0.05) is 44.3 Å². The first-order chi connectivity index (χ1) is 8.81. The Labute approximate surface area is 113 Å². The summed E-state index contributed by atoms with van der Waals surface area (Å²) in [6, 6.07) is 0. The fourth-order valence-corrected chi connectivity index (χ4v) is 3.74. The van der Waals surface area contributed by atoms with E-state index >= 15 is 0 Å². The monoisotopic (exact) mass is 266 g/mol. The number of rotatable bonds is 4. The topological polar surface area (TPSA) is 45.4 Å². The van der Waals surface area contributed by atoms with E-state index < -0.39 is 0 Å². The molecule has 1 aromatic heterocycles. The highest BCUT2D eigenvalue weighted by Crippen LogP contribution is 2.40. The molecular formula is C13H22N4S. The molecule has 1 aliphatic carbocycles. The van der Waals surface area contributed by atoms with Gasteiger partial charge in [0.2, 0.25) is 0 Å². The normalized spacial score (nSPS) is 23.9. The maximum absolute atomic E-state index is 5.95. The Morgan fingerprint density at radius 2 is 2.06 bits per heavy atom. The Balaban J connectivity index is 1.51. The minimum atomic E-state index is 0.448. The third-order valence-corrected chi connectivity index (χ3v) is 5.30. The molecule has 0 aromatic carbocycles. The lowest BCUT2D eigenvalue weighted by molar-refractivity contribution is 0.0718. The minimum Gasteiger partial charge on any atom is -0.346 e. The van der Waals surface area contributed by atoms with Gasteiger partial charge >= 0.3 is 0 Å². The van der Waals surface area contributed by atoms with Crippen molar-refractivity contribution in [2.24, 2.45) is 11.1 Å². The first-order valence-corrected chi connectivity index (χ1v) is 7.76. The van der Waals surface area contributed by atoms with Crippen LogP contribution in [-0.4, -0.2) is 49.2 Å². The second-order valence-corrected chi connectivity index (χ2v) is 6.51. The maximum atomic E-state index is 5.95. The number of piperazine rings is 1. The van der Waals surface area contributed by atoms with E-state index in [2.05, 4.69) is 20.2 Å². The molecule has 0 bridgehead atoms. The van der Waals surface area contributed by atoms with Gasteiger partial charge in [-0.15, -0.1) is 11.3 Å². The summed E-state index contributed by atoms with van der Waals surface area (Å²) >= 11 is 1.74. The highest BCUT2D eigenvalue weighted by molar-refractivity contribution is 7.13. The number of aromatic nitrogens is 1. The van der Waals surface area contributed by atoms with Crippen molar-refractivity contribution in [3.8, 4) is 0 Å². The lowest BCUT2D eigenvalue weighted by Crippen LogP contribution is -2.53. The maximum Gasteiger partial charge on any atom is 0.185 e. The smallest absolute Gasteiger partial charge is 0.185 e. The standard InChI is InChI=1S/C13H22N4S/c14-10-13(2-1-3-13)11-16-5-7-17(8-6-16)12-15-4-9-18-12/h4,9H,1-3,5-8,10-11,14H2. The number of nitrogens with two attached hydrogens (primary N) is 1. The van der Waals surface area contributed by atoms with Gasteiger partial charge in [-0.1, -0.05) is 6.42 Å². The molecule has 2 fully saturated rings. The lowest BCUT2D eigenvalue weighted by atomic mass is 9.68. The molecule has 2 heterocycles. The zero-order chi connectivity index (χ0) is 12.4. The van der Waals surface area contributed by atoms with Crippen LogP contribution in [0.25, 0.3) is 0 Å². The average molecular weight is 266 g/mol. The SMILES string of the molecule is NCC1(CN2CCN(c3nccs3)CC2)CCC1. The molecule has 4 nitrogen and oxygen atoms in total. The van der Waals surface area contributed by atoms with Gasteiger partial charge in [-0.3, -0.25) is 4.90 Å². The van der Waals surface area contributed by atoms with Crippen molar-refractivity contribution in [1.29, 1.82) is 0 Å². The van der Waals surface area contributed by atoms with Crippen LogP contribution in [0.2, 0.25) is 0 Å². The second kappa shape index (κ2) is 5.15.